The number of aromatic hydroxyl groups is 1. The van der Waals surface area contributed by atoms with Gasteiger partial charge in [0.05, 0.1) is 12.8 Å². The van der Waals surface area contributed by atoms with Gasteiger partial charge in [-0.25, -0.2) is 0 Å². The Hall–Kier alpha value is -3.28. The third kappa shape index (κ3) is 3.08. The molecule has 0 spiro atoms. The first kappa shape index (κ1) is 15.6. The molecule has 1 heterocycles. The van der Waals surface area contributed by atoms with Crippen molar-refractivity contribution in [2.75, 3.05) is 17.7 Å². The minimum Gasteiger partial charge on any atom is -0.508 e. The van der Waals surface area contributed by atoms with Crippen LogP contribution in [0.3, 0.4) is 0 Å². The summed E-state index contributed by atoms with van der Waals surface area (Å²) in [5.74, 6) is 0.546. The topological polar surface area (TPSA) is 83.5 Å². The van der Waals surface area contributed by atoms with Crippen molar-refractivity contribution in [3.05, 3.63) is 48.7 Å². The number of nitrogens with zero attached hydrogens (tertiary/aromatic N) is 1. The number of nitrogens with one attached hydrogen (secondary N) is 2. The number of benzene rings is 2. The van der Waals surface area contributed by atoms with Gasteiger partial charge in [-0.05, 0) is 42.5 Å². The summed E-state index contributed by atoms with van der Waals surface area (Å²) in [5, 5.41) is 16.3. The summed E-state index contributed by atoms with van der Waals surface area (Å²) in [5.41, 5.74) is 2.91. The second-order valence-electron chi connectivity index (χ2n) is 5.25. The summed E-state index contributed by atoms with van der Waals surface area (Å²) in [6.45, 7) is 1.44. The lowest BCUT2D eigenvalue weighted by Gasteiger charge is -2.14. The second kappa shape index (κ2) is 6.45. The third-order valence-electron chi connectivity index (χ3n) is 3.53. The fourth-order valence-corrected chi connectivity index (χ4v) is 2.50. The van der Waals surface area contributed by atoms with E-state index in [1.807, 2.05) is 12.1 Å². The Balaban J connectivity index is 2.06. The smallest absolute Gasteiger partial charge is 0.221 e. The Morgan fingerprint density at radius 2 is 1.83 bits per heavy atom. The standard InChI is InChI=1S/C18H17N3O3/c1-11(22)20-16-8-7-14-15(9-10-19-17(14)18(16)24-2)21-12-3-5-13(23)6-4-12/h3-10,23H,1-2H3,(H,19,21)(H,20,22). The summed E-state index contributed by atoms with van der Waals surface area (Å²) in [4.78, 5) is 15.7. The van der Waals surface area contributed by atoms with Crippen LogP contribution in [-0.4, -0.2) is 23.1 Å². The number of phenols is 1. The lowest BCUT2D eigenvalue weighted by molar-refractivity contribution is -0.114. The fourth-order valence-electron chi connectivity index (χ4n) is 2.50. The molecule has 3 N–H and O–H groups in total. The minimum atomic E-state index is -0.175. The monoisotopic (exact) mass is 323 g/mol. The molecule has 0 aliphatic carbocycles. The highest BCUT2D eigenvalue weighted by atomic mass is 16.5. The normalized spacial score (nSPS) is 10.4. The van der Waals surface area contributed by atoms with E-state index in [1.165, 1.54) is 6.92 Å². The van der Waals surface area contributed by atoms with Gasteiger partial charge in [-0.1, -0.05) is 0 Å². The van der Waals surface area contributed by atoms with E-state index in [0.29, 0.717) is 17.0 Å². The maximum Gasteiger partial charge on any atom is 0.221 e. The van der Waals surface area contributed by atoms with Gasteiger partial charge >= 0.3 is 0 Å². The van der Waals surface area contributed by atoms with Gasteiger partial charge in [-0.2, -0.15) is 0 Å². The number of amides is 1. The van der Waals surface area contributed by atoms with E-state index >= 15 is 0 Å². The molecule has 0 bridgehead atoms. The Kier molecular flexibility index (Phi) is 4.20. The quantitative estimate of drug-likeness (QED) is 0.638. The van der Waals surface area contributed by atoms with Crippen LogP contribution in [0.25, 0.3) is 10.9 Å². The zero-order chi connectivity index (χ0) is 17.1. The first-order valence-corrected chi connectivity index (χ1v) is 7.38. The molecule has 0 atom stereocenters. The number of methoxy groups -OCH3 is 1. The average molecular weight is 323 g/mol. The Morgan fingerprint density at radius 3 is 2.50 bits per heavy atom. The molecule has 1 amide bonds. The van der Waals surface area contributed by atoms with Crippen LogP contribution in [0.2, 0.25) is 0 Å². The van der Waals surface area contributed by atoms with Crippen LogP contribution in [0.5, 0.6) is 11.5 Å². The SMILES string of the molecule is COc1c(NC(C)=O)ccc2c(Nc3ccc(O)cc3)ccnc12. The highest BCUT2D eigenvalue weighted by Crippen LogP contribution is 2.36. The molecule has 3 rings (SSSR count). The summed E-state index contributed by atoms with van der Waals surface area (Å²) in [7, 11) is 1.54. The van der Waals surface area contributed by atoms with Crippen molar-refractivity contribution < 1.29 is 14.6 Å². The Labute approximate surface area is 139 Å². The largest absolute Gasteiger partial charge is 0.508 e. The predicted molar refractivity (Wildman–Crippen MR) is 94.0 cm³/mol. The highest BCUT2D eigenvalue weighted by molar-refractivity contribution is 6.02. The van der Waals surface area contributed by atoms with Crippen molar-refractivity contribution in [3.8, 4) is 11.5 Å². The van der Waals surface area contributed by atoms with Crippen LogP contribution >= 0.6 is 0 Å². The zero-order valence-electron chi connectivity index (χ0n) is 13.3. The van der Waals surface area contributed by atoms with E-state index in [9.17, 15) is 9.90 Å². The van der Waals surface area contributed by atoms with E-state index in [4.69, 9.17) is 4.74 Å². The van der Waals surface area contributed by atoms with Gasteiger partial charge < -0.3 is 20.5 Å². The molecule has 122 valence electrons. The molecule has 0 saturated carbocycles. The number of rotatable bonds is 4. The summed E-state index contributed by atoms with van der Waals surface area (Å²) in [6, 6.07) is 12.3. The number of carbonyl (C=O) groups is 1. The summed E-state index contributed by atoms with van der Waals surface area (Å²) < 4.78 is 5.44. The van der Waals surface area contributed by atoms with Crippen molar-refractivity contribution in [1.29, 1.82) is 0 Å². The molecule has 0 saturated heterocycles. The van der Waals surface area contributed by atoms with E-state index in [1.54, 1.807) is 43.6 Å². The minimum absolute atomic E-state index is 0.175. The zero-order valence-corrected chi connectivity index (χ0v) is 13.3. The van der Waals surface area contributed by atoms with Crippen LogP contribution in [0.1, 0.15) is 6.92 Å². The molecule has 6 heteroatoms. The van der Waals surface area contributed by atoms with Crippen molar-refractivity contribution in [2.24, 2.45) is 0 Å². The first-order chi connectivity index (χ1) is 11.6. The number of ether oxygens (including phenoxy) is 1. The molecule has 1 aromatic heterocycles. The number of anilines is 3. The fraction of sp³-hybridized carbons (Fsp3) is 0.111. The Bertz CT molecular complexity index is 892. The van der Waals surface area contributed by atoms with Crippen molar-refractivity contribution in [1.82, 2.24) is 4.98 Å². The van der Waals surface area contributed by atoms with Crippen LogP contribution in [0, 0.1) is 0 Å². The lowest BCUT2D eigenvalue weighted by Crippen LogP contribution is -2.07. The van der Waals surface area contributed by atoms with Crippen molar-refractivity contribution in [2.45, 2.75) is 6.92 Å². The molecular weight excluding hydrogens is 306 g/mol. The summed E-state index contributed by atoms with van der Waals surface area (Å²) in [6.07, 6.45) is 1.67. The first-order valence-electron chi connectivity index (χ1n) is 7.38. The molecule has 2 aromatic carbocycles. The van der Waals surface area contributed by atoms with Crippen molar-refractivity contribution in [3.63, 3.8) is 0 Å². The molecule has 3 aromatic rings. The highest BCUT2D eigenvalue weighted by Gasteiger charge is 2.13. The van der Waals surface area contributed by atoms with Gasteiger partial charge in [0.2, 0.25) is 5.91 Å². The van der Waals surface area contributed by atoms with Gasteiger partial charge in [0, 0.05) is 29.9 Å². The average Bonchev–Trinajstić information content (AvgIpc) is 2.56. The Morgan fingerprint density at radius 1 is 1.08 bits per heavy atom. The van der Waals surface area contributed by atoms with Crippen LogP contribution in [0.15, 0.2) is 48.7 Å². The third-order valence-corrected chi connectivity index (χ3v) is 3.53. The van der Waals surface area contributed by atoms with Crippen LogP contribution in [0.4, 0.5) is 17.1 Å². The van der Waals surface area contributed by atoms with Gasteiger partial charge in [0.1, 0.15) is 11.3 Å². The number of phenolic OH excluding ortho intramolecular Hbond substituents is 1. The molecule has 0 radical (unpaired) electrons. The second-order valence-corrected chi connectivity index (χ2v) is 5.25. The van der Waals surface area contributed by atoms with Crippen LogP contribution < -0.4 is 15.4 Å². The van der Waals surface area contributed by atoms with Gasteiger partial charge in [0.15, 0.2) is 5.75 Å². The molecule has 0 unspecified atom stereocenters. The number of pyridine rings is 1. The molecule has 0 aliphatic heterocycles. The number of carbonyl (C=O) groups excluding carboxylic acids is 1. The maximum atomic E-state index is 11.3. The number of fused-ring (bicyclic) bond motifs is 1. The predicted octanol–water partition coefficient (Wildman–Crippen LogP) is 3.65. The van der Waals surface area contributed by atoms with E-state index in [-0.39, 0.29) is 11.7 Å². The summed E-state index contributed by atoms with van der Waals surface area (Å²) >= 11 is 0. The molecule has 0 fully saturated rings. The van der Waals surface area contributed by atoms with Gasteiger partial charge in [-0.15, -0.1) is 0 Å². The number of hydrogen-bond donors (Lipinski definition) is 3. The van der Waals surface area contributed by atoms with Crippen LogP contribution in [-0.2, 0) is 4.79 Å². The van der Waals surface area contributed by atoms with Gasteiger partial charge in [0.25, 0.3) is 0 Å². The van der Waals surface area contributed by atoms with Crippen molar-refractivity contribution >= 4 is 33.9 Å². The molecule has 0 aliphatic rings. The number of aromatic nitrogens is 1. The molecule has 6 nitrogen and oxygen atoms in total. The molecular formula is C18H17N3O3. The molecule has 24 heavy (non-hydrogen) atoms. The lowest BCUT2D eigenvalue weighted by atomic mass is 10.1. The van der Waals surface area contributed by atoms with E-state index in [0.717, 1.165) is 16.8 Å². The van der Waals surface area contributed by atoms with Gasteiger partial charge in [-0.3, -0.25) is 9.78 Å². The number of hydrogen-bond acceptors (Lipinski definition) is 5. The van der Waals surface area contributed by atoms with E-state index in [2.05, 4.69) is 15.6 Å². The maximum absolute atomic E-state index is 11.3. The van der Waals surface area contributed by atoms with E-state index < -0.39 is 0 Å².